The van der Waals surface area contributed by atoms with Crippen LogP contribution in [0.2, 0.25) is 0 Å². The van der Waals surface area contributed by atoms with Crippen molar-refractivity contribution in [1.29, 1.82) is 0 Å². The van der Waals surface area contributed by atoms with E-state index in [1.165, 1.54) is 5.69 Å². The van der Waals surface area contributed by atoms with Crippen LogP contribution in [0.15, 0.2) is 42.6 Å². The predicted molar refractivity (Wildman–Crippen MR) is 99.0 cm³/mol. The Hall–Kier alpha value is -2.56. The van der Waals surface area contributed by atoms with Crippen LogP contribution >= 0.6 is 0 Å². The number of benzene rings is 1. The normalized spacial score (nSPS) is 15.8. The third kappa shape index (κ3) is 4.10. The second kappa shape index (κ2) is 7.55. The summed E-state index contributed by atoms with van der Waals surface area (Å²) in [5.74, 6) is 0.822. The third-order valence-corrected chi connectivity index (χ3v) is 4.58. The molecule has 2 aromatic rings. The Morgan fingerprint density at radius 2 is 1.84 bits per heavy atom. The molecule has 2 heterocycles. The summed E-state index contributed by atoms with van der Waals surface area (Å²) in [7, 11) is 0. The lowest BCUT2D eigenvalue weighted by molar-refractivity contribution is -0.138. The fraction of sp³-hybridized carbons (Fsp3) is 0.400. The van der Waals surface area contributed by atoms with E-state index < -0.39 is 6.10 Å². The Kier molecular flexibility index (Phi) is 5.22. The van der Waals surface area contributed by atoms with Gasteiger partial charge >= 0.3 is 0 Å². The molecule has 25 heavy (non-hydrogen) atoms. The molecule has 1 amide bonds. The van der Waals surface area contributed by atoms with Crippen LogP contribution in [0.25, 0.3) is 0 Å². The smallest absolute Gasteiger partial charge is 0.263 e. The van der Waals surface area contributed by atoms with Crippen molar-refractivity contribution >= 4 is 11.6 Å². The molecule has 5 nitrogen and oxygen atoms in total. The minimum atomic E-state index is -0.476. The molecule has 1 saturated heterocycles. The van der Waals surface area contributed by atoms with E-state index in [0.717, 1.165) is 30.1 Å². The number of para-hydroxylation sites is 1. The number of piperazine rings is 1. The molecule has 0 radical (unpaired) electrons. The van der Waals surface area contributed by atoms with Crippen LogP contribution in [0.4, 0.5) is 5.69 Å². The quantitative estimate of drug-likeness (QED) is 0.859. The van der Waals surface area contributed by atoms with Crippen LogP contribution in [-0.4, -0.2) is 48.1 Å². The SMILES string of the molecule is Cc1cc(N2CCN(C(=O)C(C)Oc3ccccc3C)CC2)ccn1. The van der Waals surface area contributed by atoms with Crippen LogP contribution in [0.1, 0.15) is 18.2 Å². The standard InChI is InChI=1S/C20H25N3O2/c1-15-6-4-5-7-19(15)25-17(3)20(24)23-12-10-22(11-13-23)18-8-9-21-16(2)14-18/h4-9,14,17H,10-13H2,1-3H3. The van der Waals surface area contributed by atoms with Gasteiger partial charge in [-0.1, -0.05) is 18.2 Å². The van der Waals surface area contributed by atoms with Gasteiger partial charge in [-0.15, -0.1) is 0 Å². The fourth-order valence-electron chi connectivity index (χ4n) is 3.10. The van der Waals surface area contributed by atoms with Crippen LogP contribution in [-0.2, 0) is 4.79 Å². The zero-order chi connectivity index (χ0) is 17.8. The van der Waals surface area contributed by atoms with Gasteiger partial charge in [0.25, 0.3) is 5.91 Å². The molecule has 0 spiro atoms. The van der Waals surface area contributed by atoms with E-state index in [2.05, 4.69) is 16.0 Å². The van der Waals surface area contributed by atoms with Gasteiger partial charge in [0.05, 0.1) is 0 Å². The summed E-state index contributed by atoms with van der Waals surface area (Å²) in [6.45, 7) is 8.88. The molecular weight excluding hydrogens is 314 g/mol. The van der Waals surface area contributed by atoms with E-state index >= 15 is 0 Å². The number of carbonyl (C=O) groups excluding carboxylic acids is 1. The second-order valence-corrected chi connectivity index (χ2v) is 6.49. The van der Waals surface area contributed by atoms with Crippen molar-refractivity contribution in [3.8, 4) is 5.75 Å². The molecule has 3 rings (SSSR count). The molecule has 5 heteroatoms. The molecule has 0 aliphatic carbocycles. The van der Waals surface area contributed by atoms with Gasteiger partial charge in [0.1, 0.15) is 5.75 Å². The molecule has 132 valence electrons. The van der Waals surface area contributed by atoms with Gasteiger partial charge < -0.3 is 14.5 Å². The van der Waals surface area contributed by atoms with E-state index in [1.807, 2.05) is 62.2 Å². The van der Waals surface area contributed by atoms with Crippen molar-refractivity contribution in [1.82, 2.24) is 9.88 Å². The first-order chi connectivity index (χ1) is 12.0. The molecule has 1 aliphatic rings. The van der Waals surface area contributed by atoms with Crippen molar-refractivity contribution in [2.75, 3.05) is 31.1 Å². The summed E-state index contributed by atoms with van der Waals surface area (Å²) in [4.78, 5) is 21.1. The molecular formula is C20H25N3O2. The van der Waals surface area contributed by atoms with Gasteiger partial charge in [-0.05, 0) is 44.5 Å². The van der Waals surface area contributed by atoms with Gasteiger partial charge in [0.2, 0.25) is 0 Å². The molecule has 1 aromatic heterocycles. The maximum Gasteiger partial charge on any atom is 0.263 e. The number of hydrogen-bond acceptors (Lipinski definition) is 4. The Balaban J connectivity index is 1.57. The number of aryl methyl sites for hydroxylation is 2. The first-order valence-corrected chi connectivity index (χ1v) is 8.73. The van der Waals surface area contributed by atoms with Crippen molar-refractivity contribution in [3.05, 3.63) is 53.9 Å². The molecule has 1 aliphatic heterocycles. The molecule has 0 bridgehead atoms. The maximum absolute atomic E-state index is 12.7. The first kappa shape index (κ1) is 17.3. The number of rotatable bonds is 4. The van der Waals surface area contributed by atoms with Gasteiger partial charge in [-0.3, -0.25) is 9.78 Å². The number of amides is 1. The Morgan fingerprint density at radius 3 is 2.52 bits per heavy atom. The van der Waals surface area contributed by atoms with Crippen LogP contribution in [0.5, 0.6) is 5.75 Å². The predicted octanol–water partition coefficient (Wildman–Crippen LogP) is 2.81. The van der Waals surface area contributed by atoms with E-state index in [-0.39, 0.29) is 5.91 Å². The highest BCUT2D eigenvalue weighted by Gasteiger charge is 2.26. The number of ether oxygens (including phenoxy) is 1. The zero-order valence-corrected chi connectivity index (χ0v) is 15.1. The molecule has 1 atom stereocenters. The van der Waals surface area contributed by atoms with Crippen LogP contribution in [0.3, 0.4) is 0 Å². The van der Waals surface area contributed by atoms with Crippen LogP contribution in [0, 0.1) is 13.8 Å². The summed E-state index contributed by atoms with van der Waals surface area (Å²) in [6.07, 6.45) is 1.36. The summed E-state index contributed by atoms with van der Waals surface area (Å²) in [5.41, 5.74) is 3.22. The summed E-state index contributed by atoms with van der Waals surface area (Å²) < 4.78 is 5.87. The highest BCUT2D eigenvalue weighted by molar-refractivity contribution is 5.81. The number of pyridine rings is 1. The largest absolute Gasteiger partial charge is 0.481 e. The van der Waals surface area contributed by atoms with Crippen molar-refractivity contribution in [3.63, 3.8) is 0 Å². The lowest BCUT2D eigenvalue weighted by Gasteiger charge is -2.37. The average Bonchev–Trinajstić information content (AvgIpc) is 2.63. The Bertz CT molecular complexity index is 739. The Morgan fingerprint density at radius 1 is 1.12 bits per heavy atom. The number of carbonyl (C=O) groups is 1. The lowest BCUT2D eigenvalue weighted by atomic mass is 10.2. The van der Waals surface area contributed by atoms with E-state index in [0.29, 0.717) is 13.1 Å². The lowest BCUT2D eigenvalue weighted by Crippen LogP contribution is -2.52. The number of hydrogen-bond donors (Lipinski definition) is 0. The monoisotopic (exact) mass is 339 g/mol. The zero-order valence-electron chi connectivity index (χ0n) is 15.1. The van der Waals surface area contributed by atoms with Crippen molar-refractivity contribution in [2.45, 2.75) is 26.9 Å². The van der Waals surface area contributed by atoms with E-state index in [4.69, 9.17) is 4.74 Å². The average molecular weight is 339 g/mol. The molecule has 1 unspecified atom stereocenters. The molecule has 0 saturated carbocycles. The second-order valence-electron chi connectivity index (χ2n) is 6.49. The van der Waals surface area contributed by atoms with Gasteiger partial charge in [-0.25, -0.2) is 0 Å². The van der Waals surface area contributed by atoms with E-state index in [1.54, 1.807) is 0 Å². The summed E-state index contributed by atoms with van der Waals surface area (Å²) >= 11 is 0. The first-order valence-electron chi connectivity index (χ1n) is 8.73. The van der Waals surface area contributed by atoms with Crippen LogP contribution < -0.4 is 9.64 Å². The van der Waals surface area contributed by atoms with E-state index in [9.17, 15) is 4.79 Å². The molecule has 1 fully saturated rings. The minimum absolute atomic E-state index is 0.0498. The summed E-state index contributed by atoms with van der Waals surface area (Å²) in [5, 5.41) is 0. The third-order valence-electron chi connectivity index (χ3n) is 4.58. The van der Waals surface area contributed by atoms with Gasteiger partial charge in [0, 0.05) is 43.8 Å². The highest BCUT2D eigenvalue weighted by atomic mass is 16.5. The van der Waals surface area contributed by atoms with Crippen molar-refractivity contribution < 1.29 is 9.53 Å². The number of nitrogens with zero attached hydrogens (tertiary/aromatic N) is 3. The maximum atomic E-state index is 12.7. The summed E-state index contributed by atoms with van der Waals surface area (Å²) in [6, 6.07) is 11.9. The Labute approximate surface area is 149 Å². The highest BCUT2D eigenvalue weighted by Crippen LogP contribution is 2.20. The van der Waals surface area contributed by atoms with Gasteiger partial charge in [-0.2, -0.15) is 0 Å². The number of anilines is 1. The fourth-order valence-corrected chi connectivity index (χ4v) is 3.10. The minimum Gasteiger partial charge on any atom is -0.481 e. The molecule has 0 N–H and O–H groups in total. The van der Waals surface area contributed by atoms with Crippen molar-refractivity contribution in [2.24, 2.45) is 0 Å². The topological polar surface area (TPSA) is 45.7 Å². The molecule has 1 aromatic carbocycles. The van der Waals surface area contributed by atoms with Gasteiger partial charge in [0.15, 0.2) is 6.10 Å². The number of aromatic nitrogens is 1.